The molecular formula is C16H18O. The van der Waals surface area contributed by atoms with Gasteiger partial charge in [0, 0.05) is 0 Å². The Morgan fingerprint density at radius 1 is 0.882 bits per heavy atom. The summed E-state index contributed by atoms with van der Waals surface area (Å²) in [4.78, 5) is 0. The van der Waals surface area contributed by atoms with Gasteiger partial charge < -0.3 is 4.74 Å². The molecule has 2 aromatic rings. The third-order valence-corrected chi connectivity index (χ3v) is 2.98. The minimum absolute atomic E-state index is 0.648. The van der Waals surface area contributed by atoms with Gasteiger partial charge in [-0.2, -0.15) is 0 Å². The Kier molecular flexibility index (Phi) is 3.81. The van der Waals surface area contributed by atoms with Gasteiger partial charge in [0.1, 0.15) is 12.4 Å². The number of rotatable bonds is 4. The molecule has 2 aromatic carbocycles. The van der Waals surface area contributed by atoms with Crippen molar-refractivity contribution >= 4 is 0 Å². The summed E-state index contributed by atoms with van der Waals surface area (Å²) < 4.78 is 5.87. The standard InChI is InChI=1S/C16H18O/c1-3-14-9-5-6-10-15(14)12-17-16-11-7-4-8-13(16)2/h4-11H,3,12H2,1-2H3. The van der Waals surface area contributed by atoms with Crippen LogP contribution in [0.5, 0.6) is 5.75 Å². The molecule has 0 aliphatic rings. The fraction of sp³-hybridized carbons (Fsp3) is 0.250. The van der Waals surface area contributed by atoms with Gasteiger partial charge in [-0.25, -0.2) is 0 Å². The highest BCUT2D eigenvalue weighted by Crippen LogP contribution is 2.19. The maximum Gasteiger partial charge on any atom is 0.122 e. The lowest BCUT2D eigenvalue weighted by Gasteiger charge is -2.11. The van der Waals surface area contributed by atoms with E-state index >= 15 is 0 Å². The quantitative estimate of drug-likeness (QED) is 0.761. The van der Waals surface area contributed by atoms with Crippen LogP contribution in [0.4, 0.5) is 0 Å². The molecule has 0 aliphatic heterocycles. The molecule has 0 N–H and O–H groups in total. The van der Waals surface area contributed by atoms with Crippen LogP contribution in [0.1, 0.15) is 23.6 Å². The number of para-hydroxylation sites is 1. The zero-order chi connectivity index (χ0) is 12.1. The summed E-state index contributed by atoms with van der Waals surface area (Å²) in [5.74, 6) is 0.971. The summed E-state index contributed by atoms with van der Waals surface area (Å²) in [5.41, 5.74) is 3.82. The Morgan fingerprint density at radius 2 is 1.53 bits per heavy atom. The van der Waals surface area contributed by atoms with Gasteiger partial charge in [0.2, 0.25) is 0 Å². The fourth-order valence-corrected chi connectivity index (χ4v) is 1.92. The van der Waals surface area contributed by atoms with Crippen molar-refractivity contribution in [3.8, 4) is 5.75 Å². The maximum atomic E-state index is 5.87. The van der Waals surface area contributed by atoms with Crippen LogP contribution in [0.2, 0.25) is 0 Å². The molecule has 2 rings (SSSR count). The lowest BCUT2D eigenvalue weighted by molar-refractivity contribution is 0.303. The third kappa shape index (κ3) is 2.88. The Labute approximate surface area is 103 Å². The molecule has 1 heteroatoms. The van der Waals surface area contributed by atoms with Crippen molar-refractivity contribution in [1.82, 2.24) is 0 Å². The normalized spacial score (nSPS) is 10.2. The van der Waals surface area contributed by atoms with E-state index in [4.69, 9.17) is 4.74 Å². The van der Waals surface area contributed by atoms with E-state index in [-0.39, 0.29) is 0 Å². The van der Waals surface area contributed by atoms with Crippen molar-refractivity contribution in [3.63, 3.8) is 0 Å². The molecule has 0 heterocycles. The van der Waals surface area contributed by atoms with E-state index < -0.39 is 0 Å². The summed E-state index contributed by atoms with van der Waals surface area (Å²) >= 11 is 0. The van der Waals surface area contributed by atoms with E-state index in [0.29, 0.717) is 6.61 Å². The van der Waals surface area contributed by atoms with Gasteiger partial charge >= 0.3 is 0 Å². The van der Waals surface area contributed by atoms with Crippen molar-refractivity contribution in [3.05, 3.63) is 65.2 Å². The molecule has 0 aliphatic carbocycles. The van der Waals surface area contributed by atoms with Crippen LogP contribution < -0.4 is 4.74 Å². The molecule has 0 spiro atoms. The summed E-state index contributed by atoms with van der Waals surface area (Å²) in [7, 11) is 0. The Morgan fingerprint density at radius 3 is 2.24 bits per heavy atom. The van der Waals surface area contributed by atoms with Gasteiger partial charge in [0.25, 0.3) is 0 Å². The van der Waals surface area contributed by atoms with Gasteiger partial charge in [-0.3, -0.25) is 0 Å². The number of hydrogen-bond donors (Lipinski definition) is 0. The maximum absolute atomic E-state index is 5.87. The minimum Gasteiger partial charge on any atom is -0.489 e. The molecule has 17 heavy (non-hydrogen) atoms. The van der Waals surface area contributed by atoms with Gasteiger partial charge in [-0.1, -0.05) is 49.4 Å². The molecule has 0 aromatic heterocycles. The van der Waals surface area contributed by atoms with Crippen molar-refractivity contribution in [1.29, 1.82) is 0 Å². The molecule has 0 radical (unpaired) electrons. The predicted octanol–water partition coefficient (Wildman–Crippen LogP) is 4.14. The molecule has 0 saturated heterocycles. The monoisotopic (exact) mass is 226 g/mol. The van der Waals surface area contributed by atoms with E-state index in [1.807, 2.05) is 18.2 Å². The van der Waals surface area contributed by atoms with E-state index in [1.165, 1.54) is 16.7 Å². The highest BCUT2D eigenvalue weighted by molar-refractivity contribution is 5.33. The van der Waals surface area contributed by atoms with E-state index in [9.17, 15) is 0 Å². The SMILES string of the molecule is CCc1ccccc1COc1ccccc1C. The molecule has 0 unspecified atom stereocenters. The van der Waals surface area contributed by atoms with Gasteiger partial charge in [0.05, 0.1) is 0 Å². The summed E-state index contributed by atoms with van der Waals surface area (Å²) in [6, 6.07) is 16.6. The highest BCUT2D eigenvalue weighted by atomic mass is 16.5. The Hall–Kier alpha value is -1.76. The molecule has 0 fully saturated rings. The Bertz CT molecular complexity index is 488. The fourth-order valence-electron chi connectivity index (χ4n) is 1.92. The zero-order valence-electron chi connectivity index (χ0n) is 10.4. The number of benzene rings is 2. The first-order valence-corrected chi connectivity index (χ1v) is 6.06. The first kappa shape index (κ1) is 11.7. The average molecular weight is 226 g/mol. The Balaban J connectivity index is 2.10. The highest BCUT2D eigenvalue weighted by Gasteiger charge is 2.02. The summed E-state index contributed by atoms with van der Waals surface area (Å²) in [6.45, 7) is 4.89. The van der Waals surface area contributed by atoms with Crippen LogP contribution in [-0.4, -0.2) is 0 Å². The molecule has 88 valence electrons. The minimum atomic E-state index is 0.648. The summed E-state index contributed by atoms with van der Waals surface area (Å²) in [5, 5.41) is 0. The first-order valence-electron chi connectivity index (χ1n) is 6.06. The average Bonchev–Trinajstić information content (AvgIpc) is 2.38. The lowest BCUT2D eigenvalue weighted by atomic mass is 10.1. The van der Waals surface area contributed by atoms with Crippen molar-refractivity contribution < 1.29 is 4.74 Å². The van der Waals surface area contributed by atoms with Crippen molar-refractivity contribution in [2.45, 2.75) is 26.9 Å². The van der Waals surface area contributed by atoms with E-state index in [0.717, 1.165) is 12.2 Å². The van der Waals surface area contributed by atoms with E-state index in [1.54, 1.807) is 0 Å². The van der Waals surface area contributed by atoms with Crippen LogP contribution in [0.15, 0.2) is 48.5 Å². The number of aryl methyl sites for hydroxylation is 2. The van der Waals surface area contributed by atoms with Crippen LogP contribution in [0.25, 0.3) is 0 Å². The van der Waals surface area contributed by atoms with Crippen LogP contribution in [0.3, 0.4) is 0 Å². The molecule has 0 amide bonds. The smallest absolute Gasteiger partial charge is 0.122 e. The van der Waals surface area contributed by atoms with Crippen LogP contribution in [-0.2, 0) is 13.0 Å². The second kappa shape index (κ2) is 5.53. The molecule has 1 nitrogen and oxygen atoms in total. The largest absolute Gasteiger partial charge is 0.489 e. The number of ether oxygens (including phenoxy) is 1. The second-order valence-electron chi connectivity index (χ2n) is 4.18. The van der Waals surface area contributed by atoms with E-state index in [2.05, 4.69) is 44.2 Å². The third-order valence-electron chi connectivity index (χ3n) is 2.98. The van der Waals surface area contributed by atoms with Crippen molar-refractivity contribution in [2.24, 2.45) is 0 Å². The molecule has 0 bridgehead atoms. The van der Waals surface area contributed by atoms with Gasteiger partial charge in [0.15, 0.2) is 0 Å². The summed E-state index contributed by atoms with van der Waals surface area (Å²) in [6.07, 6.45) is 1.05. The van der Waals surface area contributed by atoms with Gasteiger partial charge in [-0.15, -0.1) is 0 Å². The molecular weight excluding hydrogens is 208 g/mol. The first-order chi connectivity index (χ1) is 8.31. The van der Waals surface area contributed by atoms with Crippen molar-refractivity contribution in [2.75, 3.05) is 0 Å². The second-order valence-corrected chi connectivity index (χ2v) is 4.18. The molecule has 0 atom stereocenters. The lowest BCUT2D eigenvalue weighted by Crippen LogP contribution is -2.00. The van der Waals surface area contributed by atoms with Crippen LogP contribution in [0, 0.1) is 6.92 Å². The van der Waals surface area contributed by atoms with Crippen LogP contribution >= 0.6 is 0 Å². The number of hydrogen-bond acceptors (Lipinski definition) is 1. The topological polar surface area (TPSA) is 9.23 Å². The van der Waals surface area contributed by atoms with Gasteiger partial charge in [-0.05, 0) is 36.1 Å². The molecule has 0 saturated carbocycles. The zero-order valence-corrected chi connectivity index (χ0v) is 10.4. The predicted molar refractivity (Wildman–Crippen MR) is 71.3 cm³/mol.